The van der Waals surface area contributed by atoms with Crippen LogP contribution in [0.4, 0.5) is 5.69 Å². The fourth-order valence-electron chi connectivity index (χ4n) is 3.18. The normalized spacial score (nSPS) is 11.2. The lowest BCUT2D eigenvalue weighted by Crippen LogP contribution is -2.39. The average molecular weight is 367 g/mol. The number of esters is 1. The van der Waals surface area contributed by atoms with E-state index in [1.165, 1.54) is 4.90 Å². The lowest BCUT2D eigenvalue weighted by molar-refractivity contribution is -0.152. The van der Waals surface area contributed by atoms with Crippen LogP contribution in [0.25, 0.3) is 0 Å². The number of rotatable bonds is 4. The molecule has 0 N–H and O–H groups in total. The quantitative estimate of drug-likeness (QED) is 0.722. The van der Waals surface area contributed by atoms with Gasteiger partial charge >= 0.3 is 5.97 Å². The molecule has 0 fully saturated rings. The average Bonchev–Trinajstić information content (AvgIpc) is 2.49. The fraction of sp³-hybridized carbons (Fsp3) is 0.391. The second kappa shape index (κ2) is 7.95. The van der Waals surface area contributed by atoms with E-state index in [4.69, 9.17) is 4.74 Å². The second-order valence-corrected chi connectivity index (χ2v) is 8.09. The standard InChI is InChI=1S/C23H29NO3/c1-15-11-16(2)13-19(12-15)24(14-20(25)27-23(5,6)7)22(26)21-17(3)9-8-10-18(21)4/h8-13H,14H2,1-7H3. The molecule has 4 heteroatoms. The predicted octanol–water partition coefficient (Wildman–Crippen LogP) is 4.91. The number of amides is 1. The van der Waals surface area contributed by atoms with Crippen molar-refractivity contribution in [2.24, 2.45) is 0 Å². The number of nitrogens with zero attached hydrogens (tertiary/aromatic N) is 1. The van der Waals surface area contributed by atoms with Gasteiger partial charge in [-0.05, 0) is 82.9 Å². The molecule has 0 heterocycles. The van der Waals surface area contributed by atoms with Crippen molar-refractivity contribution < 1.29 is 14.3 Å². The van der Waals surface area contributed by atoms with Crippen LogP contribution in [0.3, 0.4) is 0 Å². The number of carbonyl (C=O) groups excluding carboxylic acids is 2. The summed E-state index contributed by atoms with van der Waals surface area (Å²) in [6, 6.07) is 11.6. The van der Waals surface area contributed by atoms with E-state index in [9.17, 15) is 9.59 Å². The van der Waals surface area contributed by atoms with Crippen LogP contribution >= 0.6 is 0 Å². The fourth-order valence-corrected chi connectivity index (χ4v) is 3.18. The molecule has 0 radical (unpaired) electrons. The predicted molar refractivity (Wildman–Crippen MR) is 109 cm³/mol. The van der Waals surface area contributed by atoms with E-state index in [0.717, 1.165) is 22.3 Å². The van der Waals surface area contributed by atoms with Gasteiger partial charge in [-0.25, -0.2) is 0 Å². The number of carbonyl (C=O) groups is 2. The van der Waals surface area contributed by atoms with Gasteiger partial charge in [0.2, 0.25) is 0 Å². The molecule has 0 aliphatic carbocycles. The first kappa shape index (κ1) is 20.7. The first-order valence-electron chi connectivity index (χ1n) is 9.16. The van der Waals surface area contributed by atoms with Gasteiger partial charge in [-0.1, -0.05) is 24.3 Å². The van der Waals surface area contributed by atoms with E-state index in [2.05, 4.69) is 0 Å². The zero-order valence-corrected chi connectivity index (χ0v) is 17.3. The van der Waals surface area contributed by atoms with Gasteiger partial charge < -0.3 is 4.74 Å². The van der Waals surface area contributed by atoms with Crippen LogP contribution in [0.1, 0.15) is 53.4 Å². The second-order valence-electron chi connectivity index (χ2n) is 8.09. The molecule has 0 aliphatic rings. The first-order chi connectivity index (χ1) is 12.5. The van der Waals surface area contributed by atoms with E-state index in [1.54, 1.807) is 0 Å². The van der Waals surface area contributed by atoms with Crippen molar-refractivity contribution in [3.05, 3.63) is 64.2 Å². The lowest BCUT2D eigenvalue weighted by Gasteiger charge is -2.27. The first-order valence-corrected chi connectivity index (χ1v) is 9.16. The summed E-state index contributed by atoms with van der Waals surface area (Å²) in [5.41, 5.74) is 4.57. The Bertz CT molecular complexity index is 822. The molecule has 0 atom stereocenters. The SMILES string of the molecule is Cc1cc(C)cc(N(CC(=O)OC(C)(C)C)C(=O)c2c(C)cccc2C)c1. The van der Waals surface area contributed by atoms with Crippen molar-refractivity contribution in [2.75, 3.05) is 11.4 Å². The molecule has 2 aromatic rings. The molecular weight excluding hydrogens is 338 g/mol. The summed E-state index contributed by atoms with van der Waals surface area (Å²) < 4.78 is 5.46. The molecule has 0 spiro atoms. The van der Waals surface area contributed by atoms with Crippen LogP contribution in [0.2, 0.25) is 0 Å². The Morgan fingerprint density at radius 1 is 0.926 bits per heavy atom. The Hall–Kier alpha value is -2.62. The van der Waals surface area contributed by atoms with Crippen molar-refractivity contribution in [2.45, 2.75) is 54.1 Å². The number of benzene rings is 2. The highest BCUT2D eigenvalue weighted by Crippen LogP contribution is 2.24. The van der Waals surface area contributed by atoms with Gasteiger partial charge in [0.05, 0.1) is 0 Å². The number of anilines is 1. The largest absolute Gasteiger partial charge is 0.459 e. The molecule has 27 heavy (non-hydrogen) atoms. The third-order valence-corrected chi connectivity index (χ3v) is 4.17. The Labute approximate surface area is 162 Å². The Morgan fingerprint density at radius 3 is 1.93 bits per heavy atom. The molecule has 1 amide bonds. The van der Waals surface area contributed by atoms with Crippen LogP contribution in [-0.2, 0) is 9.53 Å². The maximum Gasteiger partial charge on any atom is 0.326 e. The Kier molecular flexibility index (Phi) is 6.09. The summed E-state index contributed by atoms with van der Waals surface area (Å²) in [7, 11) is 0. The zero-order valence-electron chi connectivity index (χ0n) is 17.3. The van der Waals surface area contributed by atoms with E-state index in [1.807, 2.05) is 84.9 Å². The van der Waals surface area contributed by atoms with Gasteiger partial charge in [-0.2, -0.15) is 0 Å². The summed E-state index contributed by atoms with van der Waals surface area (Å²) in [5.74, 6) is -0.622. The number of ether oxygens (including phenoxy) is 1. The molecular formula is C23H29NO3. The van der Waals surface area contributed by atoms with Crippen molar-refractivity contribution in [1.29, 1.82) is 0 Å². The molecule has 0 unspecified atom stereocenters. The van der Waals surface area contributed by atoms with Gasteiger partial charge in [0.1, 0.15) is 12.1 Å². The number of hydrogen-bond acceptors (Lipinski definition) is 3. The van der Waals surface area contributed by atoms with Gasteiger partial charge in [0.15, 0.2) is 0 Å². The van der Waals surface area contributed by atoms with E-state index in [-0.39, 0.29) is 12.5 Å². The van der Waals surface area contributed by atoms with Crippen LogP contribution in [-0.4, -0.2) is 24.0 Å². The van der Waals surface area contributed by atoms with Crippen LogP contribution in [0, 0.1) is 27.7 Å². The minimum absolute atomic E-state index is 0.132. The highest BCUT2D eigenvalue weighted by molar-refractivity contribution is 6.10. The van der Waals surface area contributed by atoms with E-state index >= 15 is 0 Å². The minimum atomic E-state index is -0.604. The highest BCUT2D eigenvalue weighted by Gasteiger charge is 2.26. The van der Waals surface area contributed by atoms with Gasteiger partial charge in [0, 0.05) is 11.3 Å². The molecule has 2 aromatic carbocycles. The molecule has 0 saturated carbocycles. The van der Waals surface area contributed by atoms with Crippen molar-refractivity contribution in [3.8, 4) is 0 Å². The number of aryl methyl sites for hydroxylation is 4. The molecule has 2 rings (SSSR count). The summed E-state index contributed by atoms with van der Waals surface area (Å²) in [6.07, 6.45) is 0. The summed E-state index contributed by atoms with van der Waals surface area (Å²) in [5, 5.41) is 0. The third kappa shape index (κ3) is 5.43. The Balaban J connectivity index is 2.49. The van der Waals surface area contributed by atoms with Crippen molar-refractivity contribution in [1.82, 2.24) is 0 Å². The molecule has 0 bridgehead atoms. The zero-order chi connectivity index (χ0) is 20.4. The number of hydrogen-bond donors (Lipinski definition) is 0. The van der Waals surface area contributed by atoms with Gasteiger partial charge in [-0.3, -0.25) is 14.5 Å². The molecule has 0 saturated heterocycles. The minimum Gasteiger partial charge on any atom is -0.459 e. The van der Waals surface area contributed by atoms with Crippen molar-refractivity contribution in [3.63, 3.8) is 0 Å². The summed E-state index contributed by atoms with van der Waals surface area (Å²) >= 11 is 0. The van der Waals surface area contributed by atoms with E-state index in [0.29, 0.717) is 11.3 Å². The molecule has 4 nitrogen and oxygen atoms in total. The monoisotopic (exact) mass is 367 g/mol. The van der Waals surface area contributed by atoms with Gasteiger partial charge in [-0.15, -0.1) is 0 Å². The lowest BCUT2D eigenvalue weighted by atomic mass is 10.0. The third-order valence-electron chi connectivity index (χ3n) is 4.17. The summed E-state index contributed by atoms with van der Waals surface area (Å²) in [6.45, 7) is 13.1. The maximum absolute atomic E-state index is 13.4. The van der Waals surface area contributed by atoms with Crippen LogP contribution in [0.5, 0.6) is 0 Å². The Morgan fingerprint density at radius 2 is 1.44 bits per heavy atom. The van der Waals surface area contributed by atoms with Gasteiger partial charge in [0.25, 0.3) is 5.91 Å². The van der Waals surface area contributed by atoms with Crippen molar-refractivity contribution >= 4 is 17.6 Å². The summed E-state index contributed by atoms with van der Waals surface area (Å²) in [4.78, 5) is 27.4. The van der Waals surface area contributed by atoms with Crippen LogP contribution in [0.15, 0.2) is 36.4 Å². The smallest absolute Gasteiger partial charge is 0.326 e. The topological polar surface area (TPSA) is 46.6 Å². The molecule has 0 aliphatic heterocycles. The van der Waals surface area contributed by atoms with Crippen LogP contribution < -0.4 is 4.90 Å². The maximum atomic E-state index is 13.4. The van der Waals surface area contributed by atoms with E-state index < -0.39 is 11.6 Å². The molecule has 144 valence electrons. The highest BCUT2D eigenvalue weighted by atomic mass is 16.6. The molecule has 0 aromatic heterocycles.